The van der Waals surface area contributed by atoms with E-state index in [9.17, 15) is 9.59 Å². The lowest BCUT2D eigenvalue weighted by Crippen LogP contribution is -2.41. The van der Waals surface area contributed by atoms with Crippen molar-refractivity contribution in [3.63, 3.8) is 0 Å². The van der Waals surface area contributed by atoms with E-state index in [-0.39, 0.29) is 12.3 Å². The van der Waals surface area contributed by atoms with Crippen LogP contribution in [0.3, 0.4) is 0 Å². The van der Waals surface area contributed by atoms with Crippen LogP contribution in [0.5, 0.6) is 5.75 Å². The van der Waals surface area contributed by atoms with Gasteiger partial charge in [0, 0.05) is 6.42 Å². The second-order valence-electron chi connectivity index (χ2n) is 5.21. The fourth-order valence-corrected chi connectivity index (χ4v) is 2.62. The van der Waals surface area contributed by atoms with Gasteiger partial charge in [-0.1, -0.05) is 24.6 Å². The van der Waals surface area contributed by atoms with Gasteiger partial charge in [-0.2, -0.15) is 11.8 Å². The number of rotatable bonds is 11. The van der Waals surface area contributed by atoms with Crippen LogP contribution >= 0.6 is 11.8 Å². The van der Waals surface area contributed by atoms with Gasteiger partial charge in [-0.3, -0.25) is 4.79 Å². The van der Waals surface area contributed by atoms with Crippen molar-refractivity contribution in [3.8, 4) is 5.75 Å². The van der Waals surface area contributed by atoms with Gasteiger partial charge in [0.25, 0.3) is 0 Å². The Hall–Kier alpha value is -1.69. The summed E-state index contributed by atoms with van der Waals surface area (Å²) in [4.78, 5) is 22.9. The first-order valence-electron chi connectivity index (χ1n) is 7.82. The quantitative estimate of drug-likeness (QED) is 0.606. The van der Waals surface area contributed by atoms with Gasteiger partial charge in [-0.05, 0) is 43.4 Å². The number of hydrogen-bond donors (Lipinski definition) is 2. The molecule has 0 aliphatic rings. The molecule has 23 heavy (non-hydrogen) atoms. The van der Waals surface area contributed by atoms with E-state index in [1.54, 1.807) is 11.8 Å². The lowest BCUT2D eigenvalue weighted by Gasteiger charge is -2.14. The summed E-state index contributed by atoms with van der Waals surface area (Å²) in [6.07, 6.45) is 1.26. The zero-order valence-corrected chi connectivity index (χ0v) is 14.5. The maximum atomic E-state index is 11.8. The van der Waals surface area contributed by atoms with Crippen LogP contribution in [0.4, 0.5) is 0 Å². The Balaban J connectivity index is 2.23. The van der Waals surface area contributed by atoms with Crippen molar-refractivity contribution in [2.75, 3.05) is 18.1 Å². The van der Waals surface area contributed by atoms with Gasteiger partial charge in [0.2, 0.25) is 5.91 Å². The normalized spacial score (nSPS) is 11.7. The molecule has 0 aliphatic heterocycles. The molecular weight excluding hydrogens is 314 g/mol. The molecule has 0 bridgehead atoms. The van der Waals surface area contributed by atoms with Crippen LogP contribution in [-0.2, 0) is 9.59 Å². The van der Waals surface area contributed by atoms with Crippen LogP contribution in [-0.4, -0.2) is 41.1 Å². The molecule has 1 aromatic carbocycles. The molecule has 0 aliphatic carbocycles. The van der Waals surface area contributed by atoms with E-state index in [0.717, 1.165) is 22.8 Å². The molecule has 1 amide bonds. The van der Waals surface area contributed by atoms with Gasteiger partial charge < -0.3 is 15.2 Å². The molecule has 0 fully saturated rings. The van der Waals surface area contributed by atoms with E-state index in [4.69, 9.17) is 9.84 Å². The first-order valence-corrected chi connectivity index (χ1v) is 8.97. The number of aryl methyl sites for hydroxylation is 1. The van der Waals surface area contributed by atoms with Crippen LogP contribution < -0.4 is 10.1 Å². The summed E-state index contributed by atoms with van der Waals surface area (Å²) < 4.78 is 5.54. The van der Waals surface area contributed by atoms with Crippen LogP contribution in [0.2, 0.25) is 0 Å². The summed E-state index contributed by atoms with van der Waals surface area (Å²) in [5.74, 6) is 1.22. The Bertz CT molecular complexity index is 490. The highest BCUT2D eigenvalue weighted by molar-refractivity contribution is 7.99. The Morgan fingerprint density at radius 3 is 2.61 bits per heavy atom. The van der Waals surface area contributed by atoms with E-state index in [1.165, 1.54) is 0 Å². The van der Waals surface area contributed by atoms with Crippen molar-refractivity contribution < 1.29 is 19.4 Å². The lowest BCUT2D eigenvalue weighted by atomic mass is 10.2. The van der Waals surface area contributed by atoms with Gasteiger partial charge in [-0.25, -0.2) is 4.79 Å². The number of thioether (sulfide) groups is 1. The zero-order chi connectivity index (χ0) is 17.1. The number of benzene rings is 1. The van der Waals surface area contributed by atoms with Crippen molar-refractivity contribution in [3.05, 3.63) is 29.8 Å². The predicted molar refractivity (Wildman–Crippen MR) is 93.1 cm³/mol. The molecule has 128 valence electrons. The Morgan fingerprint density at radius 1 is 1.30 bits per heavy atom. The largest absolute Gasteiger partial charge is 0.494 e. The molecule has 5 nitrogen and oxygen atoms in total. The number of hydrogen-bond acceptors (Lipinski definition) is 4. The molecule has 0 aromatic heterocycles. The Kier molecular flexibility index (Phi) is 9.21. The number of carboxylic acids is 1. The average molecular weight is 339 g/mol. The third-order valence-electron chi connectivity index (χ3n) is 3.23. The topological polar surface area (TPSA) is 75.6 Å². The fourth-order valence-electron chi connectivity index (χ4n) is 1.93. The molecule has 0 saturated heterocycles. The second-order valence-corrected chi connectivity index (χ2v) is 6.60. The van der Waals surface area contributed by atoms with E-state index >= 15 is 0 Å². The molecule has 2 N–H and O–H groups in total. The summed E-state index contributed by atoms with van der Waals surface area (Å²) in [5, 5.41) is 11.7. The zero-order valence-electron chi connectivity index (χ0n) is 13.7. The predicted octanol–water partition coefficient (Wildman–Crippen LogP) is 2.87. The van der Waals surface area contributed by atoms with E-state index in [2.05, 4.69) is 5.32 Å². The number of carbonyl (C=O) groups is 2. The SMILES string of the molecule is CCSCCC(NC(=O)CCCOc1ccc(C)cc1)C(=O)O. The minimum atomic E-state index is -0.981. The number of aliphatic carboxylic acids is 1. The number of carbonyl (C=O) groups excluding carboxylic acids is 1. The van der Waals surface area contributed by atoms with Crippen LogP contribution in [0, 0.1) is 6.92 Å². The molecule has 6 heteroatoms. The average Bonchev–Trinajstić information content (AvgIpc) is 2.52. The second kappa shape index (κ2) is 10.9. The molecule has 0 heterocycles. The van der Waals surface area contributed by atoms with Crippen molar-refractivity contribution in [1.82, 2.24) is 5.32 Å². The maximum Gasteiger partial charge on any atom is 0.326 e. The van der Waals surface area contributed by atoms with Crippen LogP contribution in [0.15, 0.2) is 24.3 Å². The summed E-state index contributed by atoms with van der Waals surface area (Å²) in [6.45, 7) is 4.46. The first kappa shape index (κ1) is 19.4. The van der Waals surface area contributed by atoms with Gasteiger partial charge in [0.1, 0.15) is 11.8 Å². The van der Waals surface area contributed by atoms with Gasteiger partial charge >= 0.3 is 5.97 Å². The smallest absolute Gasteiger partial charge is 0.326 e. The molecule has 1 unspecified atom stereocenters. The third kappa shape index (κ3) is 8.50. The first-order chi connectivity index (χ1) is 11.0. The maximum absolute atomic E-state index is 11.8. The van der Waals surface area contributed by atoms with E-state index in [0.29, 0.717) is 19.4 Å². The minimum absolute atomic E-state index is 0.244. The number of carboxylic acid groups (broad SMARTS) is 1. The van der Waals surface area contributed by atoms with Crippen molar-refractivity contribution >= 4 is 23.6 Å². The summed E-state index contributed by atoms with van der Waals surface area (Å²) >= 11 is 1.67. The van der Waals surface area contributed by atoms with E-state index < -0.39 is 12.0 Å². The van der Waals surface area contributed by atoms with Crippen molar-refractivity contribution in [1.29, 1.82) is 0 Å². The van der Waals surface area contributed by atoms with Gasteiger partial charge in [0.15, 0.2) is 0 Å². The number of nitrogens with one attached hydrogen (secondary N) is 1. The minimum Gasteiger partial charge on any atom is -0.494 e. The Labute approximate surface area is 141 Å². The summed E-state index contributed by atoms with van der Waals surface area (Å²) in [7, 11) is 0. The molecular formula is C17H25NO4S. The standard InChI is InChI=1S/C17H25NO4S/c1-3-23-12-10-15(17(20)21)18-16(19)5-4-11-22-14-8-6-13(2)7-9-14/h6-9,15H,3-5,10-12H2,1-2H3,(H,18,19)(H,20,21). The molecule has 0 saturated carbocycles. The molecule has 1 atom stereocenters. The highest BCUT2D eigenvalue weighted by Gasteiger charge is 2.19. The Morgan fingerprint density at radius 2 is 2.00 bits per heavy atom. The van der Waals surface area contributed by atoms with Crippen LogP contribution in [0.1, 0.15) is 31.7 Å². The van der Waals surface area contributed by atoms with Gasteiger partial charge in [-0.15, -0.1) is 0 Å². The lowest BCUT2D eigenvalue weighted by molar-refractivity contribution is -0.141. The number of ether oxygens (including phenoxy) is 1. The highest BCUT2D eigenvalue weighted by Crippen LogP contribution is 2.12. The molecule has 0 spiro atoms. The van der Waals surface area contributed by atoms with Crippen molar-refractivity contribution in [2.45, 2.75) is 39.2 Å². The number of amides is 1. The van der Waals surface area contributed by atoms with Crippen LogP contribution in [0.25, 0.3) is 0 Å². The third-order valence-corrected chi connectivity index (χ3v) is 4.16. The van der Waals surface area contributed by atoms with Gasteiger partial charge in [0.05, 0.1) is 6.61 Å². The molecule has 0 radical (unpaired) electrons. The monoisotopic (exact) mass is 339 g/mol. The molecule has 1 rings (SSSR count). The van der Waals surface area contributed by atoms with Crippen molar-refractivity contribution in [2.24, 2.45) is 0 Å². The fraction of sp³-hybridized carbons (Fsp3) is 0.529. The van der Waals surface area contributed by atoms with E-state index in [1.807, 2.05) is 38.1 Å². The highest BCUT2D eigenvalue weighted by atomic mass is 32.2. The summed E-state index contributed by atoms with van der Waals surface area (Å²) in [5.41, 5.74) is 1.16. The summed E-state index contributed by atoms with van der Waals surface area (Å²) in [6, 6.07) is 6.91. The molecule has 1 aromatic rings.